The van der Waals surface area contributed by atoms with Crippen LogP contribution in [-0.4, -0.2) is 13.4 Å². The first-order valence-corrected chi connectivity index (χ1v) is 6.70. The van der Waals surface area contributed by atoms with Crippen LogP contribution in [0.2, 0.25) is 0 Å². The van der Waals surface area contributed by atoms with Crippen LogP contribution >= 0.6 is 0 Å². The Morgan fingerprint density at radius 2 is 1.68 bits per heavy atom. The van der Waals surface area contributed by atoms with Crippen LogP contribution in [0.25, 0.3) is 0 Å². The first-order chi connectivity index (χ1) is 8.59. The predicted molar refractivity (Wildman–Crippen MR) is 80.5 cm³/mol. The number of nitrogen functional groups attached to an aromatic ring is 1. The van der Waals surface area contributed by atoms with E-state index in [-0.39, 0.29) is 17.6 Å². The van der Waals surface area contributed by atoms with Gasteiger partial charge in [-0.15, -0.1) is 0 Å². The molecule has 19 heavy (non-hydrogen) atoms. The van der Waals surface area contributed by atoms with Gasteiger partial charge in [0.15, 0.2) is 6.79 Å². The van der Waals surface area contributed by atoms with E-state index in [4.69, 9.17) is 15.2 Å². The molecule has 2 N–H and O–H groups in total. The number of rotatable bonds is 4. The fraction of sp³-hybridized carbons (Fsp3) is 0.625. The van der Waals surface area contributed by atoms with Gasteiger partial charge in [0, 0.05) is 0 Å². The third-order valence-electron chi connectivity index (χ3n) is 2.71. The van der Waals surface area contributed by atoms with E-state index in [1.165, 1.54) is 5.56 Å². The standard InChI is InChI=1S/C16H27NO2/c1-15(2,3)10-18-11-19-14-9-12(16(4,5)6)7-8-13(14)17/h7-9H,10-11,17H2,1-6H3. The zero-order valence-corrected chi connectivity index (χ0v) is 13.0. The Hall–Kier alpha value is -1.22. The second-order valence-electron chi connectivity index (χ2n) is 7.17. The fourth-order valence-corrected chi connectivity index (χ4v) is 1.58. The summed E-state index contributed by atoms with van der Waals surface area (Å²) in [4.78, 5) is 0. The van der Waals surface area contributed by atoms with E-state index >= 15 is 0 Å². The van der Waals surface area contributed by atoms with Gasteiger partial charge >= 0.3 is 0 Å². The molecule has 1 aromatic rings. The molecule has 0 saturated heterocycles. The van der Waals surface area contributed by atoms with Crippen LogP contribution in [-0.2, 0) is 10.2 Å². The number of nitrogens with two attached hydrogens (primary N) is 1. The Morgan fingerprint density at radius 1 is 1.05 bits per heavy atom. The van der Waals surface area contributed by atoms with Crippen molar-refractivity contribution in [2.75, 3.05) is 19.1 Å². The Labute approximate surface area is 117 Å². The number of hydrogen-bond donors (Lipinski definition) is 1. The summed E-state index contributed by atoms with van der Waals surface area (Å²) in [5.41, 5.74) is 7.99. The van der Waals surface area contributed by atoms with Crippen LogP contribution in [0.5, 0.6) is 5.75 Å². The lowest BCUT2D eigenvalue weighted by Crippen LogP contribution is -2.17. The van der Waals surface area contributed by atoms with Gasteiger partial charge in [0.05, 0.1) is 12.3 Å². The van der Waals surface area contributed by atoms with Gasteiger partial charge in [-0.25, -0.2) is 0 Å². The summed E-state index contributed by atoms with van der Waals surface area (Å²) in [6.07, 6.45) is 0. The van der Waals surface area contributed by atoms with Crippen molar-refractivity contribution in [1.82, 2.24) is 0 Å². The summed E-state index contributed by atoms with van der Waals surface area (Å²) < 4.78 is 11.1. The average Bonchev–Trinajstić information content (AvgIpc) is 2.23. The molecular formula is C16H27NO2. The second-order valence-corrected chi connectivity index (χ2v) is 7.17. The topological polar surface area (TPSA) is 44.5 Å². The van der Waals surface area contributed by atoms with E-state index in [0.29, 0.717) is 18.0 Å². The highest BCUT2D eigenvalue weighted by Gasteiger charge is 2.15. The lowest BCUT2D eigenvalue weighted by Gasteiger charge is -2.21. The molecule has 0 aliphatic rings. The quantitative estimate of drug-likeness (QED) is 0.509. The third-order valence-corrected chi connectivity index (χ3v) is 2.71. The van der Waals surface area contributed by atoms with Gasteiger partial charge in [0.25, 0.3) is 0 Å². The van der Waals surface area contributed by atoms with Crippen LogP contribution in [0.3, 0.4) is 0 Å². The normalized spacial score (nSPS) is 12.5. The molecule has 0 aromatic heterocycles. The summed E-state index contributed by atoms with van der Waals surface area (Å²) in [5, 5.41) is 0. The minimum Gasteiger partial charge on any atom is -0.465 e. The number of anilines is 1. The zero-order chi connectivity index (χ0) is 14.7. The van der Waals surface area contributed by atoms with Crippen molar-refractivity contribution < 1.29 is 9.47 Å². The summed E-state index contributed by atoms with van der Waals surface area (Å²) in [7, 11) is 0. The van der Waals surface area contributed by atoms with Crippen LogP contribution in [0.4, 0.5) is 5.69 Å². The highest BCUT2D eigenvalue weighted by atomic mass is 16.7. The maximum Gasteiger partial charge on any atom is 0.189 e. The molecular weight excluding hydrogens is 238 g/mol. The van der Waals surface area contributed by atoms with Crippen LogP contribution in [0.15, 0.2) is 18.2 Å². The Morgan fingerprint density at radius 3 is 2.21 bits per heavy atom. The van der Waals surface area contributed by atoms with Crippen molar-refractivity contribution in [3.8, 4) is 5.75 Å². The highest BCUT2D eigenvalue weighted by Crippen LogP contribution is 2.30. The molecule has 0 unspecified atom stereocenters. The van der Waals surface area contributed by atoms with Gasteiger partial charge in [-0.1, -0.05) is 47.6 Å². The lowest BCUT2D eigenvalue weighted by molar-refractivity contribution is -0.0172. The van der Waals surface area contributed by atoms with E-state index in [9.17, 15) is 0 Å². The van der Waals surface area contributed by atoms with Crippen LogP contribution < -0.4 is 10.5 Å². The molecule has 0 fully saturated rings. The van der Waals surface area contributed by atoms with Gasteiger partial charge in [0.2, 0.25) is 0 Å². The van der Waals surface area contributed by atoms with Gasteiger partial charge in [0.1, 0.15) is 5.75 Å². The summed E-state index contributed by atoms with van der Waals surface area (Å²) in [5.74, 6) is 0.696. The first kappa shape index (κ1) is 15.8. The molecule has 0 aliphatic carbocycles. The third kappa shape index (κ3) is 5.52. The largest absolute Gasteiger partial charge is 0.465 e. The molecule has 0 atom stereocenters. The molecule has 0 spiro atoms. The predicted octanol–water partition coefficient (Wildman–Crippen LogP) is 3.97. The van der Waals surface area contributed by atoms with E-state index in [0.717, 1.165) is 0 Å². The maximum atomic E-state index is 5.92. The molecule has 0 heterocycles. The summed E-state index contributed by atoms with van der Waals surface area (Å²) in [6.45, 7) is 13.8. The lowest BCUT2D eigenvalue weighted by atomic mass is 9.87. The molecule has 3 nitrogen and oxygen atoms in total. The number of ether oxygens (including phenoxy) is 2. The summed E-state index contributed by atoms with van der Waals surface area (Å²) in [6, 6.07) is 5.92. The van der Waals surface area contributed by atoms with Gasteiger partial charge in [-0.3, -0.25) is 0 Å². The van der Waals surface area contributed by atoms with Crippen molar-refractivity contribution in [3.05, 3.63) is 23.8 Å². The number of benzene rings is 1. The maximum absolute atomic E-state index is 5.92. The number of hydrogen-bond acceptors (Lipinski definition) is 3. The van der Waals surface area contributed by atoms with Gasteiger partial charge < -0.3 is 15.2 Å². The molecule has 1 aromatic carbocycles. The van der Waals surface area contributed by atoms with E-state index < -0.39 is 0 Å². The molecule has 0 saturated carbocycles. The monoisotopic (exact) mass is 265 g/mol. The molecule has 108 valence electrons. The average molecular weight is 265 g/mol. The Bertz CT molecular complexity index is 414. The van der Waals surface area contributed by atoms with E-state index in [1.54, 1.807) is 0 Å². The highest BCUT2D eigenvalue weighted by molar-refractivity contribution is 5.54. The minimum atomic E-state index is 0.0814. The van der Waals surface area contributed by atoms with Gasteiger partial charge in [-0.05, 0) is 28.5 Å². The fourth-order valence-electron chi connectivity index (χ4n) is 1.58. The zero-order valence-electron chi connectivity index (χ0n) is 13.0. The van der Waals surface area contributed by atoms with Crippen LogP contribution in [0.1, 0.15) is 47.1 Å². The first-order valence-electron chi connectivity index (χ1n) is 6.70. The minimum absolute atomic E-state index is 0.0814. The molecule has 1 rings (SSSR count). The molecule has 0 aliphatic heterocycles. The van der Waals surface area contributed by atoms with Crippen molar-refractivity contribution in [1.29, 1.82) is 0 Å². The second kappa shape index (κ2) is 5.83. The van der Waals surface area contributed by atoms with Crippen LogP contribution in [0, 0.1) is 5.41 Å². The Balaban J connectivity index is 2.63. The molecule has 0 bridgehead atoms. The molecule has 0 amide bonds. The van der Waals surface area contributed by atoms with Crippen molar-refractivity contribution >= 4 is 5.69 Å². The van der Waals surface area contributed by atoms with Gasteiger partial charge in [-0.2, -0.15) is 0 Å². The SMILES string of the molecule is CC(C)(C)COCOc1cc(C(C)(C)C)ccc1N. The molecule has 0 radical (unpaired) electrons. The van der Waals surface area contributed by atoms with Crippen molar-refractivity contribution in [2.24, 2.45) is 5.41 Å². The van der Waals surface area contributed by atoms with Crippen molar-refractivity contribution in [3.63, 3.8) is 0 Å². The summed E-state index contributed by atoms with van der Waals surface area (Å²) >= 11 is 0. The van der Waals surface area contributed by atoms with Crippen molar-refractivity contribution in [2.45, 2.75) is 47.0 Å². The Kier molecular flexibility index (Phi) is 4.86. The van der Waals surface area contributed by atoms with E-state index in [1.807, 2.05) is 18.2 Å². The van der Waals surface area contributed by atoms with E-state index in [2.05, 4.69) is 41.5 Å². The molecule has 3 heteroatoms. The smallest absolute Gasteiger partial charge is 0.189 e.